The normalized spacial score (nSPS) is 21.8. The number of hydrogen-bond donors (Lipinski definition) is 2. The number of fused-ring (bicyclic) bond motifs is 3. The van der Waals surface area contributed by atoms with E-state index in [9.17, 15) is 19.2 Å². The van der Waals surface area contributed by atoms with E-state index in [1.54, 1.807) is 26.8 Å². The second-order valence-electron chi connectivity index (χ2n) is 9.79. The Hall–Kier alpha value is -3.88. The largest absolute Gasteiger partial charge is 0.342 e. The van der Waals surface area contributed by atoms with Crippen LogP contribution >= 0.6 is 0 Å². The topological polar surface area (TPSA) is 102 Å². The summed E-state index contributed by atoms with van der Waals surface area (Å²) in [6.45, 7) is 3.26. The lowest BCUT2D eigenvalue weighted by Gasteiger charge is -2.48. The fraction of sp³-hybridized carbons (Fsp3) is 0.407. The van der Waals surface area contributed by atoms with Gasteiger partial charge in [0.2, 0.25) is 11.8 Å². The van der Waals surface area contributed by atoms with Crippen molar-refractivity contribution in [3.63, 3.8) is 0 Å². The monoisotopic (exact) mass is 489 g/mol. The van der Waals surface area contributed by atoms with Gasteiger partial charge in [0, 0.05) is 44.2 Å². The zero-order valence-electron chi connectivity index (χ0n) is 20.4. The molecule has 2 saturated heterocycles. The van der Waals surface area contributed by atoms with Crippen molar-refractivity contribution in [3.05, 3.63) is 60.2 Å². The van der Waals surface area contributed by atoms with Crippen molar-refractivity contribution in [2.75, 3.05) is 29.9 Å². The predicted octanol–water partition coefficient (Wildman–Crippen LogP) is 3.19. The predicted molar refractivity (Wildman–Crippen MR) is 135 cm³/mol. The Morgan fingerprint density at radius 2 is 1.69 bits per heavy atom. The number of carbonyl (C=O) groups is 4. The first-order chi connectivity index (χ1) is 17.4. The second-order valence-corrected chi connectivity index (χ2v) is 9.79. The molecule has 0 aromatic heterocycles. The molecule has 3 aliphatic heterocycles. The van der Waals surface area contributed by atoms with Gasteiger partial charge in [0.15, 0.2) is 0 Å². The Labute approximate surface area is 210 Å². The molecule has 0 spiro atoms. The summed E-state index contributed by atoms with van der Waals surface area (Å²) >= 11 is 0. The van der Waals surface area contributed by atoms with Crippen molar-refractivity contribution in [1.29, 1.82) is 0 Å². The molecule has 5 amide bonds. The fourth-order valence-electron chi connectivity index (χ4n) is 5.55. The minimum absolute atomic E-state index is 0.000324. The van der Waals surface area contributed by atoms with Gasteiger partial charge < -0.3 is 20.4 Å². The third-order valence-corrected chi connectivity index (χ3v) is 7.51. The van der Waals surface area contributed by atoms with Crippen LogP contribution in [0.25, 0.3) is 0 Å². The number of para-hydroxylation sites is 2. The molecule has 9 nitrogen and oxygen atoms in total. The van der Waals surface area contributed by atoms with E-state index in [2.05, 4.69) is 10.6 Å². The first-order valence-electron chi connectivity index (χ1n) is 12.5. The summed E-state index contributed by atoms with van der Waals surface area (Å²) in [5.41, 5.74) is 1.12. The number of hydrogen-bond acceptors (Lipinski definition) is 4. The highest BCUT2D eigenvalue weighted by Crippen LogP contribution is 2.44. The lowest BCUT2D eigenvalue weighted by atomic mass is 9.98. The third-order valence-electron chi connectivity index (χ3n) is 7.51. The van der Waals surface area contributed by atoms with Crippen LogP contribution in [0, 0.1) is 0 Å². The summed E-state index contributed by atoms with van der Waals surface area (Å²) in [7, 11) is 0. The van der Waals surface area contributed by atoms with Gasteiger partial charge in [0.25, 0.3) is 5.91 Å². The first kappa shape index (κ1) is 23.8. The quantitative estimate of drug-likeness (QED) is 0.673. The highest BCUT2D eigenvalue weighted by atomic mass is 16.2. The van der Waals surface area contributed by atoms with Crippen LogP contribution in [0.15, 0.2) is 54.6 Å². The molecular weight excluding hydrogens is 458 g/mol. The van der Waals surface area contributed by atoms with Gasteiger partial charge >= 0.3 is 6.03 Å². The molecule has 1 unspecified atom stereocenters. The molecule has 2 aromatic carbocycles. The Bertz CT molecular complexity index is 1180. The number of benzene rings is 2. The highest BCUT2D eigenvalue weighted by molar-refractivity contribution is 6.10. The maximum Gasteiger partial charge on any atom is 0.319 e. The van der Waals surface area contributed by atoms with Gasteiger partial charge in [-0.15, -0.1) is 0 Å². The SMILES string of the molecule is CC12CCC(=O)N1c1ccccc1C(=O)N2CCC(=O)N1CCC(NC(=O)Nc2ccccc2)CC1. The Balaban J connectivity index is 1.16. The summed E-state index contributed by atoms with van der Waals surface area (Å²) in [6, 6.07) is 16.2. The molecule has 5 rings (SSSR count). The van der Waals surface area contributed by atoms with Gasteiger partial charge in [-0.2, -0.15) is 0 Å². The Morgan fingerprint density at radius 3 is 2.44 bits per heavy atom. The van der Waals surface area contributed by atoms with Crippen molar-refractivity contribution < 1.29 is 19.2 Å². The number of urea groups is 1. The number of nitrogens with one attached hydrogen (secondary N) is 2. The molecule has 9 heteroatoms. The zero-order chi connectivity index (χ0) is 25.3. The van der Waals surface area contributed by atoms with Crippen molar-refractivity contribution in [1.82, 2.24) is 15.1 Å². The summed E-state index contributed by atoms with van der Waals surface area (Å²) in [4.78, 5) is 56.6. The summed E-state index contributed by atoms with van der Waals surface area (Å²) in [5, 5.41) is 5.80. The zero-order valence-corrected chi connectivity index (χ0v) is 20.4. The van der Waals surface area contributed by atoms with Crippen molar-refractivity contribution in [2.24, 2.45) is 0 Å². The Morgan fingerprint density at radius 1 is 1.00 bits per heavy atom. The number of amides is 5. The second kappa shape index (κ2) is 9.64. The standard InChI is InChI=1S/C27H31N5O4/c1-27-15-11-24(34)32(27)22-10-6-5-9-21(22)25(35)31(27)18-14-23(33)30-16-12-20(13-17-30)29-26(36)28-19-7-3-2-4-8-19/h2-10,20H,11-18H2,1H3,(H2,28,29,36). The lowest BCUT2D eigenvalue weighted by molar-refractivity contribution is -0.132. The Kier molecular flexibility index (Phi) is 6.38. The molecule has 3 aliphatic rings. The van der Waals surface area contributed by atoms with E-state index in [1.165, 1.54) is 0 Å². The molecular formula is C27H31N5O4. The van der Waals surface area contributed by atoms with E-state index in [4.69, 9.17) is 0 Å². The average molecular weight is 490 g/mol. The van der Waals surface area contributed by atoms with E-state index in [0.29, 0.717) is 50.0 Å². The van der Waals surface area contributed by atoms with Gasteiger partial charge in [-0.3, -0.25) is 19.3 Å². The van der Waals surface area contributed by atoms with Crippen LogP contribution in [-0.4, -0.2) is 64.9 Å². The number of nitrogens with zero attached hydrogens (tertiary/aromatic N) is 3. The molecule has 0 aliphatic carbocycles. The molecule has 0 radical (unpaired) electrons. The number of rotatable bonds is 5. The maximum absolute atomic E-state index is 13.4. The van der Waals surface area contributed by atoms with Crippen LogP contribution in [0.1, 0.15) is 49.4 Å². The van der Waals surface area contributed by atoms with Crippen LogP contribution in [0.5, 0.6) is 0 Å². The number of carbonyl (C=O) groups excluding carboxylic acids is 4. The average Bonchev–Trinajstić information content (AvgIpc) is 3.19. The number of anilines is 2. The van der Waals surface area contributed by atoms with Gasteiger partial charge in [-0.25, -0.2) is 4.79 Å². The van der Waals surface area contributed by atoms with Gasteiger partial charge in [0.1, 0.15) is 5.66 Å². The summed E-state index contributed by atoms with van der Waals surface area (Å²) < 4.78 is 0. The number of likely N-dealkylation sites (tertiary alicyclic amines) is 1. The van der Waals surface area contributed by atoms with E-state index in [0.717, 1.165) is 5.69 Å². The molecule has 2 N–H and O–H groups in total. The van der Waals surface area contributed by atoms with E-state index in [1.807, 2.05) is 49.4 Å². The summed E-state index contributed by atoms with van der Waals surface area (Å²) in [6.07, 6.45) is 2.45. The number of piperidine rings is 1. The highest BCUT2D eigenvalue weighted by Gasteiger charge is 2.52. The molecule has 2 aromatic rings. The van der Waals surface area contributed by atoms with Gasteiger partial charge in [-0.1, -0.05) is 30.3 Å². The van der Waals surface area contributed by atoms with Crippen LogP contribution in [0.4, 0.5) is 16.2 Å². The van der Waals surface area contributed by atoms with E-state index >= 15 is 0 Å². The van der Waals surface area contributed by atoms with Gasteiger partial charge in [0.05, 0.1) is 11.3 Å². The molecule has 2 fully saturated rings. The lowest BCUT2D eigenvalue weighted by Crippen LogP contribution is -2.62. The summed E-state index contributed by atoms with van der Waals surface area (Å²) in [5.74, 6) is -0.160. The van der Waals surface area contributed by atoms with E-state index < -0.39 is 5.66 Å². The van der Waals surface area contributed by atoms with Crippen LogP contribution in [0.3, 0.4) is 0 Å². The molecule has 0 saturated carbocycles. The van der Waals surface area contributed by atoms with Crippen molar-refractivity contribution in [3.8, 4) is 0 Å². The molecule has 3 heterocycles. The van der Waals surface area contributed by atoms with Gasteiger partial charge in [-0.05, 0) is 50.5 Å². The molecule has 1 atom stereocenters. The minimum Gasteiger partial charge on any atom is -0.342 e. The van der Waals surface area contributed by atoms with Crippen LogP contribution in [-0.2, 0) is 9.59 Å². The smallest absolute Gasteiger partial charge is 0.319 e. The van der Waals surface area contributed by atoms with Crippen molar-refractivity contribution in [2.45, 2.75) is 50.7 Å². The molecule has 36 heavy (non-hydrogen) atoms. The van der Waals surface area contributed by atoms with Crippen LogP contribution in [0.2, 0.25) is 0 Å². The van der Waals surface area contributed by atoms with Crippen LogP contribution < -0.4 is 15.5 Å². The molecule has 0 bridgehead atoms. The maximum atomic E-state index is 13.4. The first-order valence-corrected chi connectivity index (χ1v) is 12.5. The third kappa shape index (κ3) is 4.41. The fourth-order valence-corrected chi connectivity index (χ4v) is 5.55. The van der Waals surface area contributed by atoms with Crippen molar-refractivity contribution >= 4 is 35.1 Å². The minimum atomic E-state index is -0.758. The molecule has 188 valence electrons. The van der Waals surface area contributed by atoms with E-state index in [-0.39, 0.29) is 42.8 Å².